The van der Waals surface area contributed by atoms with E-state index in [1.165, 1.54) is 30.7 Å². The number of aromatic hydroxyl groups is 2. The summed E-state index contributed by atoms with van der Waals surface area (Å²) in [7, 11) is -2.28. The Morgan fingerprint density at radius 2 is 1.06 bits per heavy atom. The van der Waals surface area contributed by atoms with E-state index in [0.717, 1.165) is 0 Å². The van der Waals surface area contributed by atoms with Crippen molar-refractivity contribution in [3.8, 4) is 11.8 Å². The molecule has 0 aromatic carbocycles. The molecule has 2 aromatic heterocycles. The van der Waals surface area contributed by atoms with E-state index in [0.29, 0.717) is 55.4 Å². The quantitative estimate of drug-likeness (QED) is 0.382. The van der Waals surface area contributed by atoms with Crippen LogP contribution in [-0.2, 0) is 45.8 Å². The molecule has 0 saturated heterocycles. The van der Waals surface area contributed by atoms with Gasteiger partial charge in [0.15, 0.2) is 0 Å². The zero-order valence-corrected chi connectivity index (χ0v) is 23.3. The topological polar surface area (TPSA) is 128 Å². The van der Waals surface area contributed by atoms with Crippen LogP contribution in [0.5, 0.6) is 11.8 Å². The molecule has 0 bridgehead atoms. The van der Waals surface area contributed by atoms with Gasteiger partial charge in [0.05, 0.1) is 12.4 Å². The summed E-state index contributed by atoms with van der Waals surface area (Å²) >= 11 is 0. The van der Waals surface area contributed by atoms with Gasteiger partial charge >= 0.3 is 11.4 Å². The summed E-state index contributed by atoms with van der Waals surface area (Å²) in [6, 6.07) is 0. The van der Waals surface area contributed by atoms with Gasteiger partial charge in [-0.25, -0.2) is 9.59 Å². The van der Waals surface area contributed by atoms with Gasteiger partial charge in [0.1, 0.15) is 0 Å². The molecule has 10 nitrogen and oxygen atoms in total. The first-order valence-electron chi connectivity index (χ1n) is 12.0. The fraction of sp³-hybridized carbons (Fsp3) is 0.739. The molecule has 2 rings (SSSR count). The molecule has 0 radical (unpaired) electrons. The standard InChI is InChI=1S/C23H40N4O6S2/c1-7-24-16-18(28)26(20(24)30)22(3,4)10-14-34(32)12-9-13-35(33)15-11-23(5,6)27-19(29)17-25(8-2)21(27)31/h16-17,28-29H,7-15H2,1-6H3. The van der Waals surface area contributed by atoms with Gasteiger partial charge in [0.25, 0.3) is 0 Å². The summed E-state index contributed by atoms with van der Waals surface area (Å²) in [5.74, 6) is 1.34. The Kier molecular flexibility index (Phi) is 9.80. The Morgan fingerprint density at radius 3 is 1.34 bits per heavy atom. The summed E-state index contributed by atoms with van der Waals surface area (Å²) in [6.07, 6.45) is 4.26. The van der Waals surface area contributed by atoms with Gasteiger partial charge in [-0.05, 0) is 60.8 Å². The third kappa shape index (κ3) is 6.99. The van der Waals surface area contributed by atoms with Gasteiger partial charge in [-0.15, -0.1) is 0 Å². The van der Waals surface area contributed by atoms with E-state index in [9.17, 15) is 28.2 Å². The van der Waals surface area contributed by atoms with Crippen molar-refractivity contribution < 1.29 is 18.6 Å². The van der Waals surface area contributed by atoms with E-state index in [1.807, 2.05) is 41.5 Å². The molecule has 200 valence electrons. The van der Waals surface area contributed by atoms with Gasteiger partial charge in [-0.2, -0.15) is 0 Å². The predicted molar refractivity (Wildman–Crippen MR) is 140 cm³/mol. The van der Waals surface area contributed by atoms with Gasteiger partial charge in [0, 0.05) is 68.8 Å². The highest BCUT2D eigenvalue weighted by Gasteiger charge is 2.28. The normalized spacial score (nSPS) is 14.3. The number of hydrogen-bond acceptors (Lipinski definition) is 6. The molecule has 0 amide bonds. The molecule has 2 unspecified atom stereocenters. The maximum absolute atomic E-state index is 12.5. The minimum atomic E-state index is -1.14. The molecule has 2 aromatic rings. The van der Waals surface area contributed by atoms with Crippen molar-refractivity contribution in [2.75, 3.05) is 23.0 Å². The van der Waals surface area contributed by atoms with Crippen LogP contribution in [-0.4, -0.2) is 59.9 Å². The maximum atomic E-state index is 12.5. The van der Waals surface area contributed by atoms with Gasteiger partial charge in [-0.1, -0.05) is 0 Å². The van der Waals surface area contributed by atoms with Crippen LogP contribution in [0.2, 0.25) is 0 Å². The van der Waals surface area contributed by atoms with Crippen LogP contribution in [0.15, 0.2) is 22.0 Å². The molecule has 35 heavy (non-hydrogen) atoms. The maximum Gasteiger partial charge on any atom is 0.331 e. The van der Waals surface area contributed by atoms with Crippen LogP contribution >= 0.6 is 0 Å². The van der Waals surface area contributed by atoms with Crippen molar-refractivity contribution in [1.82, 2.24) is 18.3 Å². The predicted octanol–water partition coefficient (Wildman–Crippen LogP) is 1.90. The zero-order valence-electron chi connectivity index (χ0n) is 21.7. The first-order valence-corrected chi connectivity index (χ1v) is 15.0. The lowest BCUT2D eigenvalue weighted by atomic mass is 10.0. The van der Waals surface area contributed by atoms with Crippen molar-refractivity contribution in [2.24, 2.45) is 0 Å². The van der Waals surface area contributed by atoms with E-state index in [-0.39, 0.29) is 23.1 Å². The van der Waals surface area contributed by atoms with Crippen LogP contribution in [0, 0.1) is 0 Å². The average Bonchev–Trinajstić information content (AvgIpc) is 3.24. The highest BCUT2D eigenvalue weighted by Crippen LogP contribution is 2.25. The molecular formula is C23H40N4O6S2. The van der Waals surface area contributed by atoms with Crippen molar-refractivity contribution in [3.05, 3.63) is 33.4 Å². The monoisotopic (exact) mass is 532 g/mol. The lowest BCUT2D eigenvalue weighted by molar-refractivity contribution is 0.285. The van der Waals surface area contributed by atoms with E-state index in [4.69, 9.17) is 0 Å². The van der Waals surface area contributed by atoms with Crippen LogP contribution in [0.4, 0.5) is 0 Å². The fourth-order valence-corrected chi connectivity index (χ4v) is 7.06. The Morgan fingerprint density at radius 1 is 0.714 bits per heavy atom. The SMILES string of the molecule is CCn1cc(O)n(C(C)(C)CCS(=O)CCCS(=O)CCC(C)(C)n2c(O)cn(CC)c2=O)c1=O. The highest BCUT2D eigenvalue weighted by atomic mass is 32.2. The summed E-state index contributed by atoms with van der Waals surface area (Å²) in [5.41, 5.74) is -1.96. The van der Waals surface area contributed by atoms with E-state index >= 15 is 0 Å². The van der Waals surface area contributed by atoms with Crippen LogP contribution in [0.3, 0.4) is 0 Å². The molecule has 12 heteroatoms. The zero-order chi connectivity index (χ0) is 26.6. The number of rotatable bonds is 14. The second-order valence-corrected chi connectivity index (χ2v) is 13.3. The summed E-state index contributed by atoms with van der Waals surface area (Å²) < 4.78 is 30.6. The Labute approximate surface area is 211 Å². The minimum absolute atomic E-state index is 0.104. The van der Waals surface area contributed by atoms with Crippen molar-refractivity contribution in [2.45, 2.75) is 85.0 Å². The molecule has 0 aliphatic carbocycles. The van der Waals surface area contributed by atoms with Gasteiger partial charge < -0.3 is 10.2 Å². The lowest BCUT2D eigenvalue weighted by Gasteiger charge is -2.26. The summed E-state index contributed by atoms with van der Waals surface area (Å²) in [4.78, 5) is 24.9. The molecule has 0 saturated carbocycles. The van der Waals surface area contributed by atoms with Crippen LogP contribution < -0.4 is 11.4 Å². The van der Waals surface area contributed by atoms with Crippen LogP contribution in [0.1, 0.15) is 60.8 Å². The highest BCUT2D eigenvalue weighted by molar-refractivity contribution is 7.85. The average molecular weight is 533 g/mol. The molecule has 2 atom stereocenters. The third-order valence-corrected chi connectivity index (χ3v) is 9.20. The number of aryl methyl sites for hydroxylation is 2. The number of aromatic nitrogens is 4. The van der Waals surface area contributed by atoms with E-state index in [2.05, 4.69) is 0 Å². The van der Waals surface area contributed by atoms with Crippen molar-refractivity contribution in [1.29, 1.82) is 0 Å². The fourth-order valence-electron chi connectivity index (χ4n) is 4.08. The minimum Gasteiger partial charge on any atom is -0.493 e. The van der Waals surface area contributed by atoms with E-state index < -0.39 is 32.7 Å². The second kappa shape index (κ2) is 11.8. The van der Waals surface area contributed by atoms with Crippen molar-refractivity contribution in [3.63, 3.8) is 0 Å². The molecule has 0 aliphatic rings. The van der Waals surface area contributed by atoms with E-state index in [1.54, 1.807) is 0 Å². The molecule has 2 N–H and O–H groups in total. The van der Waals surface area contributed by atoms with Gasteiger partial charge in [-0.3, -0.25) is 26.7 Å². The summed E-state index contributed by atoms with van der Waals surface area (Å²) in [6.45, 7) is 11.9. The number of imidazole rings is 2. The largest absolute Gasteiger partial charge is 0.493 e. The second-order valence-electron chi connectivity index (χ2n) is 9.96. The first kappa shape index (κ1) is 29.2. The summed E-state index contributed by atoms with van der Waals surface area (Å²) in [5, 5.41) is 20.3. The van der Waals surface area contributed by atoms with Crippen LogP contribution in [0.25, 0.3) is 0 Å². The Hall–Kier alpha value is -2.08. The Balaban J connectivity index is 1.82. The molecule has 0 aliphatic heterocycles. The van der Waals surface area contributed by atoms with Crippen molar-refractivity contribution >= 4 is 21.6 Å². The Bertz CT molecular complexity index is 1080. The first-order chi connectivity index (χ1) is 16.2. The molecule has 2 heterocycles. The molecular weight excluding hydrogens is 492 g/mol. The smallest absolute Gasteiger partial charge is 0.331 e. The molecule has 0 spiro atoms. The van der Waals surface area contributed by atoms with Gasteiger partial charge in [0.2, 0.25) is 11.8 Å². The number of hydrogen-bond donors (Lipinski definition) is 2. The molecule has 0 fully saturated rings. The lowest BCUT2D eigenvalue weighted by Crippen LogP contribution is -2.38. The third-order valence-electron chi connectivity index (χ3n) is 6.39. The number of nitrogens with zero attached hydrogens (tertiary/aromatic N) is 4.